The highest BCUT2D eigenvalue weighted by Crippen LogP contribution is 2.20. The molecule has 0 aliphatic rings. The number of carbonyl (C=O) groups excluding carboxylic acids is 2. The zero-order chi connectivity index (χ0) is 18.2. The lowest BCUT2D eigenvalue weighted by Crippen LogP contribution is -2.24. The van der Waals surface area contributed by atoms with E-state index in [1.807, 2.05) is 67.5 Å². The summed E-state index contributed by atoms with van der Waals surface area (Å²) >= 11 is 1.47. The second-order valence-electron chi connectivity index (χ2n) is 5.83. The van der Waals surface area contributed by atoms with Gasteiger partial charge < -0.3 is 15.5 Å². The molecule has 2 amide bonds. The Bertz CT molecular complexity index is 712. The van der Waals surface area contributed by atoms with Crippen LogP contribution >= 0.6 is 11.8 Å². The summed E-state index contributed by atoms with van der Waals surface area (Å²) in [5.41, 5.74) is 2.96. The molecule has 2 N–H and O–H groups in total. The lowest BCUT2D eigenvalue weighted by molar-refractivity contribution is -0.118. The molecule has 0 aromatic heterocycles. The molecule has 2 aromatic rings. The molecule has 0 fully saturated rings. The first-order valence-corrected chi connectivity index (χ1v) is 8.96. The third kappa shape index (κ3) is 6.51. The summed E-state index contributed by atoms with van der Waals surface area (Å²) in [6, 6.07) is 15.5. The van der Waals surface area contributed by atoms with Gasteiger partial charge in [-0.1, -0.05) is 12.1 Å². The van der Waals surface area contributed by atoms with Crippen LogP contribution in [0.25, 0.3) is 0 Å². The number of anilines is 2. The first-order valence-electron chi connectivity index (χ1n) is 7.97. The Morgan fingerprint density at radius 1 is 1.00 bits per heavy atom. The fourth-order valence-electron chi connectivity index (χ4n) is 2.15. The predicted octanol–water partition coefficient (Wildman–Crippen LogP) is 3.12. The average molecular weight is 357 g/mol. The molecule has 0 aliphatic heterocycles. The molecule has 0 saturated carbocycles. The molecule has 0 unspecified atom stereocenters. The minimum Gasteiger partial charge on any atom is -0.378 e. The number of hydrogen-bond donors (Lipinski definition) is 2. The molecule has 6 heteroatoms. The topological polar surface area (TPSA) is 61.4 Å². The Labute approximate surface area is 152 Å². The van der Waals surface area contributed by atoms with E-state index in [4.69, 9.17) is 0 Å². The highest BCUT2D eigenvalue weighted by atomic mass is 32.2. The van der Waals surface area contributed by atoms with E-state index in [9.17, 15) is 9.59 Å². The molecule has 5 nitrogen and oxygen atoms in total. The van der Waals surface area contributed by atoms with Crippen molar-refractivity contribution in [1.29, 1.82) is 0 Å². The number of thioether (sulfide) groups is 1. The van der Waals surface area contributed by atoms with Gasteiger partial charge >= 0.3 is 0 Å². The number of carbonyl (C=O) groups is 2. The van der Waals surface area contributed by atoms with Crippen LogP contribution in [-0.4, -0.2) is 31.7 Å². The van der Waals surface area contributed by atoms with Crippen molar-refractivity contribution in [3.05, 3.63) is 54.1 Å². The van der Waals surface area contributed by atoms with Crippen LogP contribution in [0.4, 0.5) is 11.4 Å². The van der Waals surface area contributed by atoms with Gasteiger partial charge in [0.2, 0.25) is 11.8 Å². The van der Waals surface area contributed by atoms with E-state index in [2.05, 4.69) is 10.6 Å². The third-order valence-corrected chi connectivity index (χ3v) is 4.50. The Balaban J connectivity index is 1.75. The van der Waals surface area contributed by atoms with Crippen molar-refractivity contribution < 1.29 is 9.59 Å². The van der Waals surface area contributed by atoms with E-state index in [-0.39, 0.29) is 11.8 Å². The van der Waals surface area contributed by atoms with Gasteiger partial charge in [-0.05, 0) is 42.0 Å². The smallest absolute Gasteiger partial charge is 0.230 e. The number of hydrogen-bond acceptors (Lipinski definition) is 4. The molecule has 132 valence electrons. The van der Waals surface area contributed by atoms with Crippen molar-refractivity contribution in [2.24, 2.45) is 0 Å². The molecular formula is C19H23N3O2S. The van der Waals surface area contributed by atoms with Gasteiger partial charge in [-0.25, -0.2) is 0 Å². The fourth-order valence-corrected chi connectivity index (χ4v) is 2.88. The van der Waals surface area contributed by atoms with E-state index in [1.54, 1.807) is 0 Å². The Morgan fingerprint density at radius 2 is 1.64 bits per heavy atom. The van der Waals surface area contributed by atoms with E-state index < -0.39 is 0 Å². The number of nitrogens with one attached hydrogen (secondary N) is 2. The average Bonchev–Trinajstić information content (AvgIpc) is 2.59. The first kappa shape index (κ1) is 18.9. The second-order valence-corrected chi connectivity index (χ2v) is 6.88. The van der Waals surface area contributed by atoms with Gasteiger partial charge in [0.15, 0.2) is 0 Å². The summed E-state index contributed by atoms with van der Waals surface area (Å²) < 4.78 is 0. The Hall–Kier alpha value is -2.47. The molecule has 0 atom stereocenters. The Morgan fingerprint density at radius 3 is 2.20 bits per heavy atom. The summed E-state index contributed by atoms with van der Waals surface area (Å²) in [5, 5.41) is 5.64. The van der Waals surface area contributed by atoms with Crippen LogP contribution in [0, 0.1) is 0 Å². The first-order chi connectivity index (χ1) is 11.9. The largest absolute Gasteiger partial charge is 0.378 e. The van der Waals surface area contributed by atoms with Gasteiger partial charge in [0.25, 0.3) is 0 Å². The minimum atomic E-state index is -0.0987. The number of rotatable bonds is 7. The minimum absolute atomic E-state index is 0.00683. The maximum absolute atomic E-state index is 12.0. The van der Waals surface area contributed by atoms with Crippen molar-refractivity contribution >= 4 is 35.0 Å². The lowest BCUT2D eigenvalue weighted by atomic mass is 10.2. The molecule has 0 bridgehead atoms. The molecule has 0 radical (unpaired) electrons. The van der Waals surface area contributed by atoms with Crippen LogP contribution < -0.4 is 15.5 Å². The van der Waals surface area contributed by atoms with Crippen LogP contribution in [0.5, 0.6) is 0 Å². The highest BCUT2D eigenvalue weighted by Gasteiger charge is 2.04. The normalized spacial score (nSPS) is 10.2. The van der Waals surface area contributed by atoms with Gasteiger partial charge in [0.1, 0.15) is 0 Å². The zero-order valence-corrected chi connectivity index (χ0v) is 15.5. The maximum atomic E-state index is 12.0. The van der Waals surface area contributed by atoms with Crippen molar-refractivity contribution in [3.8, 4) is 0 Å². The van der Waals surface area contributed by atoms with Crippen LogP contribution in [0.3, 0.4) is 0 Å². The predicted molar refractivity (Wildman–Crippen MR) is 104 cm³/mol. The monoisotopic (exact) mass is 357 g/mol. The molecule has 2 rings (SSSR count). The molecule has 0 aliphatic carbocycles. The van der Waals surface area contributed by atoms with Gasteiger partial charge in [-0.3, -0.25) is 9.59 Å². The molecule has 2 aromatic carbocycles. The van der Waals surface area contributed by atoms with Gasteiger partial charge in [-0.2, -0.15) is 0 Å². The van der Waals surface area contributed by atoms with E-state index in [1.165, 1.54) is 18.7 Å². The molecule has 25 heavy (non-hydrogen) atoms. The quantitative estimate of drug-likeness (QED) is 0.748. The van der Waals surface area contributed by atoms with E-state index >= 15 is 0 Å². The van der Waals surface area contributed by atoms with Crippen LogP contribution in [0.15, 0.2) is 53.4 Å². The van der Waals surface area contributed by atoms with Gasteiger partial charge in [-0.15, -0.1) is 11.8 Å². The molecule has 0 heterocycles. The van der Waals surface area contributed by atoms with E-state index in [0.29, 0.717) is 12.3 Å². The summed E-state index contributed by atoms with van der Waals surface area (Å²) in [4.78, 5) is 26.0. The van der Waals surface area contributed by atoms with Crippen molar-refractivity contribution in [2.45, 2.75) is 18.4 Å². The van der Waals surface area contributed by atoms with E-state index in [0.717, 1.165) is 21.8 Å². The molecular weight excluding hydrogens is 334 g/mol. The van der Waals surface area contributed by atoms with Crippen LogP contribution in [-0.2, 0) is 16.1 Å². The number of amides is 2. The zero-order valence-electron chi connectivity index (χ0n) is 14.7. The second kappa shape index (κ2) is 9.13. The van der Waals surface area contributed by atoms with Crippen molar-refractivity contribution in [3.63, 3.8) is 0 Å². The molecule has 0 saturated heterocycles. The summed E-state index contributed by atoms with van der Waals surface area (Å²) in [6.45, 7) is 2.00. The van der Waals surface area contributed by atoms with Crippen molar-refractivity contribution in [1.82, 2.24) is 5.32 Å². The van der Waals surface area contributed by atoms with Crippen LogP contribution in [0.1, 0.15) is 12.5 Å². The summed E-state index contributed by atoms with van der Waals surface area (Å²) in [5.74, 6) is 0.251. The Kier molecular flexibility index (Phi) is 6.89. The summed E-state index contributed by atoms with van der Waals surface area (Å²) in [6.07, 6.45) is 0. The number of nitrogens with zero attached hydrogens (tertiary/aromatic N) is 1. The SMILES string of the molecule is CC(=O)Nc1ccc(SCC(=O)NCc2ccc(N(C)C)cc2)cc1. The van der Waals surface area contributed by atoms with Gasteiger partial charge in [0, 0.05) is 43.8 Å². The summed E-state index contributed by atoms with van der Waals surface area (Å²) in [7, 11) is 3.99. The fraction of sp³-hybridized carbons (Fsp3) is 0.263. The van der Waals surface area contributed by atoms with Crippen LogP contribution in [0.2, 0.25) is 0 Å². The van der Waals surface area contributed by atoms with Gasteiger partial charge in [0.05, 0.1) is 5.75 Å². The standard InChI is InChI=1S/C19H23N3O2S/c1-14(23)21-16-6-10-18(11-7-16)25-13-19(24)20-12-15-4-8-17(9-5-15)22(2)3/h4-11H,12-13H2,1-3H3,(H,20,24)(H,21,23). The molecule has 0 spiro atoms. The van der Waals surface area contributed by atoms with Crippen molar-refractivity contribution in [2.75, 3.05) is 30.1 Å². The number of benzene rings is 2. The maximum Gasteiger partial charge on any atom is 0.230 e. The lowest BCUT2D eigenvalue weighted by Gasteiger charge is -2.13. The third-order valence-electron chi connectivity index (χ3n) is 3.49. The highest BCUT2D eigenvalue weighted by molar-refractivity contribution is 8.00.